The van der Waals surface area contributed by atoms with Gasteiger partial charge in [-0.25, -0.2) is 4.79 Å². The number of aromatic nitrogens is 2. The molecule has 6 nitrogen and oxygen atoms in total. The highest BCUT2D eigenvalue weighted by Crippen LogP contribution is 2.40. The summed E-state index contributed by atoms with van der Waals surface area (Å²) in [7, 11) is 0. The number of rotatable bonds is 2. The van der Waals surface area contributed by atoms with Gasteiger partial charge in [-0.05, 0) is 11.6 Å². The van der Waals surface area contributed by atoms with Crippen LogP contribution in [-0.4, -0.2) is 22.7 Å². The number of carbonyl (C=O) groups is 1. The van der Waals surface area contributed by atoms with Crippen molar-refractivity contribution in [2.24, 2.45) is 0 Å². The van der Waals surface area contributed by atoms with E-state index >= 15 is 0 Å². The molecule has 24 heavy (non-hydrogen) atoms. The molecule has 0 unspecified atom stereocenters. The summed E-state index contributed by atoms with van der Waals surface area (Å²) in [6.07, 6.45) is -4.68. The van der Waals surface area contributed by atoms with Gasteiger partial charge in [0, 0.05) is 17.6 Å². The van der Waals surface area contributed by atoms with Gasteiger partial charge in [0.15, 0.2) is 0 Å². The number of nitrogens with zero attached hydrogens (tertiary/aromatic N) is 3. The summed E-state index contributed by atoms with van der Waals surface area (Å²) in [5, 5.41) is 5.35. The molecule has 2 amide bonds. The highest BCUT2D eigenvalue weighted by Gasteiger charge is 2.39. The smallest absolute Gasteiger partial charge is 0.337 e. The molecule has 1 aliphatic heterocycles. The Hall–Kier alpha value is -2.58. The zero-order chi connectivity index (χ0) is 17.5. The molecule has 0 saturated carbocycles. The zero-order valence-corrected chi connectivity index (χ0v) is 13.0. The molecule has 2 heterocycles. The molecule has 0 fully saturated rings. The fraction of sp³-hybridized carbons (Fsp3) is 0.400. The molecular weight excluding hydrogens is 325 g/mol. The van der Waals surface area contributed by atoms with Crippen LogP contribution in [0.4, 0.5) is 23.7 Å². The van der Waals surface area contributed by atoms with Crippen molar-refractivity contribution in [3.05, 3.63) is 41.5 Å². The van der Waals surface area contributed by atoms with E-state index in [1.807, 2.05) is 38.1 Å². The van der Waals surface area contributed by atoms with E-state index in [1.165, 1.54) is 0 Å². The number of fused-ring (bicyclic) bond motifs is 1. The number of nitrogens with one attached hydrogen (secondary N) is 1. The Bertz CT molecular complexity index is 770. The molecular formula is C15H15F3N4O2. The first-order chi connectivity index (χ1) is 11.2. The molecule has 128 valence electrons. The van der Waals surface area contributed by atoms with Crippen molar-refractivity contribution in [1.82, 2.24) is 15.5 Å². The average Bonchev–Trinajstić information content (AvgIpc) is 3.08. The van der Waals surface area contributed by atoms with Crippen LogP contribution in [0.5, 0.6) is 0 Å². The Balaban J connectivity index is 1.69. The van der Waals surface area contributed by atoms with E-state index in [0.29, 0.717) is 6.54 Å². The largest absolute Gasteiger partial charge is 0.455 e. The Morgan fingerprint density at radius 3 is 2.75 bits per heavy atom. The first-order valence-electron chi connectivity index (χ1n) is 7.23. The molecule has 0 saturated heterocycles. The van der Waals surface area contributed by atoms with E-state index in [1.54, 1.807) is 4.90 Å². The van der Waals surface area contributed by atoms with E-state index in [4.69, 9.17) is 0 Å². The Morgan fingerprint density at radius 1 is 1.38 bits per heavy atom. The molecule has 0 aliphatic carbocycles. The van der Waals surface area contributed by atoms with Crippen molar-refractivity contribution >= 4 is 11.7 Å². The highest BCUT2D eigenvalue weighted by atomic mass is 19.4. The van der Waals surface area contributed by atoms with Gasteiger partial charge in [-0.3, -0.25) is 4.90 Å². The zero-order valence-electron chi connectivity index (χ0n) is 13.0. The van der Waals surface area contributed by atoms with Crippen molar-refractivity contribution < 1.29 is 22.5 Å². The average molecular weight is 340 g/mol. The van der Waals surface area contributed by atoms with Gasteiger partial charge in [-0.1, -0.05) is 37.2 Å². The summed E-state index contributed by atoms with van der Waals surface area (Å²) < 4.78 is 41.7. The summed E-state index contributed by atoms with van der Waals surface area (Å²) in [5.41, 5.74) is 1.61. The number of hydrogen-bond acceptors (Lipinski definition) is 4. The van der Waals surface area contributed by atoms with Gasteiger partial charge in [0.05, 0.1) is 6.54 Å². The first kappa shape index (κ1) is 16.3. The number of anilines is 1. The lowest BCUT2D eigenvalue weighted by Gasteiger charge is -2.20. The molecule has 0 atom stereocenters. The standard InChI is InChI=1S/C15H15F3N4O2/c1-14(2)8-22(10-6-4-3-5-9(10)14)13(23)19-7-11-20-12(21-24-11)15(16,17)18/h3-6H,7-8H2,1-2H3,(H,19,23). The minimum absolute atomic E-state index is 0.206. The maximum atomic E-state index is 12.4. The van der Waals surface area contributed by atoms with Gasteiger partial charge in [-0.15, -0.1) is 0 Å². The molecule has 1 aromatic carbocycles. The fourth-order valence-electron chi connectivity index (χ4n) is 2.72. The van der Waals surface area contributed by atoms with Gasteiger partial charge in [0.25, 0.3) is 5.82 Å². The Morgan fingerprint density at radius 2 is 2.08 bits per heavy atom. The lowest BCUT2D eigenvalue weighted by atomic mass is 9.87. The van der Waals surface area contributed by atoms with Crippen LogP contribution in [0.3, 0.4) is 0 Å². The second-order valence-electron chi connectivity index (χ2n) is 6.16. The molecule has 3 rings (SSSR count). The van der Waals surface area contributed by atoms with E-state index in [0.717, 1.165) is 11.3 Å². The van der Waals surface area contributed by atoms with Crippen LogP contribution in [0.1, 0.15) is 31.1 Å². The molecule has 2 aromatic rings. The molecule has 0 spiro atoms. The molecule has 0 radical (unpaired) electrons. The first-order valence-corrected chi connectivity index (χ1v) is 7.23. The van der Waals surface area contributed by atoms with Gasteiger partial charge >= 0.3 is 12.2 Å². The second-order valence-corrected chi connectivity index (χ2v) is 6.16. The van der Waals surface area contributed by atoms with E-state index in [-0.39, 0.29) is 17.9 Å². The second kappa shape index (κ2) is 5.50. The van der Waals surface area contributed by atoms with Gasteiger partial charge < -0.3 is 9.84 Å². The molecule has 1 aliphatic rings. The van der Waals surface area contributed by atoms with Crippen molar-refractivity contribution in [2.45, 2.75) is 32.0 Å². The maximum Gasteiger partial charge on any atom is 0.455 e. The van der Waals surface area contributed by atoms with Crippen LogP contribution in [0.2, 0.25) is 0 Å². The van der Waals surface area contributed by atoms with Crippen molar-refractivity contribution in [2.75, 3.05) is 11.4 Å². The van der Waals surface area contributed by atoms with E-state index in [2.05, 4.69) is 20.0 Å². The summed E-state index contributed by atoms with van der Waals surface area (Å²) in [4.78, 5) is 17.1. The Kier molecular flexibility index (Phi) is 3.73. The minimum Gasteiger partial charge on any atom is -0.337 e. The molecule has 0 bridgehead atoms. The van der Waals surface area contributed by atoms with Gasteiger partial charge in [0.1, 0.15) is 0 Å². The normalized spacial score (nSPS) is 16.1. The van der Waals surface area contributed by atoms with Crippen LogP contribution in [0.15, 0.2) is 28.8 Å². The number of benzene rings is 1. The number of para-hydroxylation sites is 1. The van der Waals surface area contributed by atoms with Crippen LogP contribution in [0.25, 0.3) is 0 Å². The number of hydrogen-bond donors (Lipinski definition) is 1. The van der Waals surface area contributed by atoms with Crippen LogP contribution >= 0.6 is 0 Å². The lowest BCUT2D eigenvalue weighted by Crippen LogP contribution is -2.41. The number of carbonyl (C=O) groups excluding carboxylic acids is 1. The summed E-state index contributed by atoms with van der Waals surface area (Å²) >= 11 is 0. The predicted octanol–water partition coefficient (Wildman–Crippen LogP) is 3.10. The Labute approximate surface area is 135 Å². The van der Waals surface area contributed by atoms with Crippen LogP contribution in [-0.2, 0) is 18.1 Å². The third-order valence-corrected chi connectivity index (χ3v) is 3.83. The lowest BCUT2D eigenvalue weighted by molar-refractivity contribution is -0.146. The number of alkyl halides is 3. The molecule has 9 heteroatoms. The summed E-state index contributed by atoms with van der Waals surface area (Å²) in [5.74, 6) is -1.66. The van der Waals surface area contributed by atoms with Crippen LogP contribution < -0.4 is 10.2 Å². The summed E-state index contributed by atoms with van der Waals surface area (Å²) in [6.45, 7) is 4.23. The SMILES string of the molecule is CC1(C)CN(C(=O)NCc2nc(C(F)(F)F)no2)c2ccccc21. The minimum atomic E-state index is -4.68. The van der Waals surface area contributed by atoms with E-state index < -0.39 is 18.0 Å². The highest BCUT2D eigenvalue weighted by molar-refractivity contribution is 5.95. The van der Waals surface area contributed by atoms with Crippen molar-refractivity contribution in [1.29, 1.82) is 0 Å². The number of amides is 2. The summed E-state index contributed by atoms with van der Waals surface area (Å²) in [6, 6.07) is 7.08. The quantitative estimate of drug-likeness (QED) is 0.912. The number of halogens is 3. The van der Waals surface area contributed by atoms with Crippen molar-refractivity contribution in [3.63, 3.8) is 0 Å². The van der Waals surface area contributed by atoms with Crippen molar-refractivity contribution in [3.8, 4) is 0 Å². The fourth-order valence-corrected chi connectivity index (χ4v) is 2.72. The van der Waals surface area contributed by atoms with Gasteiger partial charge in [0.2, 0.25) is 5.89 Å². The third kappa shape index (κ3) is 2.93. The van der Waals surface area contributed by atoms with E-state index in [9.17, 15) is 18.0 Å². The maximum absolute atomic E-state index is 12.4. The molecule has 1 N–H and O–H groups in total. The third-order valence-electron chi connectivity index (χ3n) is 3.83. The predicted molar refractivity (Wildman–Crippen MR) is 78.3 cm³/mol. The monoisotopic (exact) mass is 340 g/mol. The van der Waals surface area contributed by atoms with Gasteiger partial charge in [-0.2, -0.15) is 18.2 Å². The molecule has 1 aromatic heterocycles. The topological polar surface area (TPSA) is 71.3 Å². The number of urea groups is 1. The van der Waals surface area contributed by atoms with Crippen LogP contribution in [0, 0.1) is 0 Å².